The standard InChI is InChI=1S/C17H23N5O2S/c1-3-22(15-7-9-25(23,24)12-15)16-10-13(2)20-17(21-16)19-11-14-6-4-5-8-18-14/h4-6,8,10,15H,3,7,9,11-12H2,1-2H3,(H,19,20,21). The average molecular weight is 361 g/mol. The summed E-state index contributed by atoms with van der Waals surface area (Å²) in [4.78, 5) is 15.4. The SMILES string of the molecule is CCN(c1cc(C)nc(NCc2ccccn2)n1)C1CCS(=O)(=O)C1. The summed E-state index contributed by atoms with van der Waals surface area (Å²) in [5.41, 5.74) is 1.75. The summed E-state index contributed by atoms with van der Waals surface area (Å²) in [7, 11) is -2.93. The van der Waals surface area contributed by atoms with Crippen LogP contribution in [0.3, 0.4) is 0 Å². The Morgan fingerprint density at radius 3 is 2.80 bits per heavy atom. The number of hydrogen-bond acceptors (Lipinski definition) is 7. The normalized spacial score (nSPS) is 18.9. The molecule has 7 nitrogen and oxygen atoms in total. The molecule has 1 atom stereocenters. The molecule has 0 radical (unpaired) electrons. The molecule has 0 aliphatic carbocycles. The number of rotatable bonds is 6. The monoisotopic (exact) mass is 361 g/mol. The molecule has 0 amide bonds. The van der Waals surface area contributed by atoms with Crippen LogP contribution in [0.2, 0.25) is 0 Å². The van der Waals surface area contributed by atoms with Crippen LogP contribution in [0.25, 0.3) is 0 Å². The van der Waals surface area contributed by atoms with Crippen molar-refractivity contribution in [1.82, 2.24) is 15.0 Å². The number of sulfone groups is 1. The predicted octanol–water partition coefficient (Wildman–Crippen LogP) is 1.81. The Bertz CT molecular complexity index is 826. The molecule has 2 aromatic rings. The molecule has 1 aliphatic rings. The molecule has 1 N–H and O–H groups in total. The lowest BCUT2D eigenvalue weighted by Gasteiger charge is -2.28. The van der Waals surface area contributed by atoms with E-state index in [-0.39, 0.29) is 17.5 Å². The minimum Gasteiger partial charge on any atom is -0.353 e. The van der Waals surface area contributed by atoms with Crippen molar-refractivity contribution in [2.45, 2.75) is 32.9 Å². The van der Waals surface area contributed by atoms with Crippen LogP contribution in [0.4, 0.5) is 11.8 Å². The summed E-state index contributed by atoms with van der Waals surface area (Å²) < 4.78 is 23.6. The Hall–Kier alpha value is -2.22. The molecular weight excluding hydrogens is 338 g/mol. The Morgan fingerprint density at radius 1 is 1.32 bits per heavy atom. The van der Waals surface area contributed by atoms with Crippen molar-refractivity contribution in [2.24, 2.45) is 0 Å². The molecule has 3 rings (SSSR count). The first-order chi connectivity index (χ1) is 12.0. The van der Waals surface area contributed by atoms with Gasteiger partial charge in [-0.05, 0) is 32.4 Å². The fourth-order valence-electron chi connectivity index (χ4n) is 3.08. The minimum absolute atomic E-state index is 0.0204. The summed E-state index contributed by atoms with van der Waals surface area (Å²) in [5, 5.41) is 3.20. The van der Waals surface area contributed by atoms with Gasteiger partial charge in [-0.3, -0.25) is 4.98 Å². The van der Waals surface area contributed by atoms with Gasteiger partial charge in [-0.25, -0.2) is 13.4 Å². The van der Waals surface area contributed by atoms with E-state index in [1.807, 2.05) is 38.1 Å². The third-order valence-electron chi connectivity index (χ3n) is 4.28. The summed E-state index contributed by atoms with van der Waals surface area (Å²) in [6.45, 7) is 5.17. The molecular formula is C17H23N5O2S. The van der Waals surface area contributed by atoms with Crippen molar-refractivity contribution in [3.05, 3.63) is 41.9 Å². The van der Waals surface area contributed by atoms with E-state index in [0.717, 1.165) is 17.2 Å². The predicted molar refractivity (Wildman–Crippen MR) is 98.4 cm³/mol. The van der Waals surface area contributed by atoms with Crippen LogP contribution in [0.15, 0.2) is 30.5 Å². The molecule has 0 bridgehead atoms. The first-order valence-corrected chi connectivity index (χ1v) is 10.3. The quantitative estimate of drug-likeness (QED) is 0.839. The number of anilines is 2. The van der Waals surface area contributed by atoms with Crippen molar-refractivity contribution >= 4 is 21.6 Å². The van der Waals surface area contributed by atoms with E-state index in [0.29, 0.717) is 25.5 Å². The first-order valence-electron chi connectivity index (χ1n) is 8.43. The molecule has 1 saturated heterocycles. The van der Waals surface area contributed by atoms with Gasteiger partial charge in [0, 0.05) is 30.5 Å². The van der Waals surface area contributed by atoms with E-state index in [1.54, 1.807) is 6.20 Å². The molecule has 3 heterocycles. The maximum atomic E-state index is 11.8. The molecule has 2 aromatic heterocycles. The number of nitrogens with one attached hydrogen (secondary N) is 1. The number of aromatic nitrogens is 3. The van der Waals surface area contributed by atoms with E-state index in [1.165, 1.54) is 0 Å². The minimum atomic E-state index is -2.93. The maximum Gasteiger partial charge on any atom is 0.225 e. The van der Waals surface area contributed by atoms with Gasteiger partial charge in [-0.1, -0.05) is 6.07 Å². The molecule has 134 valence electrons. The highest BCUT2D eigenvalue weighted by atomic mass is 32.2. The van der Waals surface area contributed by atoms with Gasteiger partial charge in [0.25, 0.3) is 0 Å². The van der Waals surface area contributed by atoms with E-state index >= 15 is 0 Å². The van der Waals surface area contributed by atoms with Crippen LogP contribution in [0.5, 0.6) is 0 Å². The zero-order valence-corrected chi connectivity index (χ0v) is 15.3. The van der Waals surface area contributed by atoms with Crippen LogP contribution in [-0.2, 0) is 16.4 Å². The van der Waals surface area contributed by atoms with Gasteiger partial charge in [0.2, 0.25) is 5.95 Å². The Labute approximate surface area is 148 Å². The van der Waals surface area contributed by atoms with Gasteiger partial charge in [0.15, 0.2) is 9.84 Å². The lowest BCUT2D eigenvalue weighted by molar-refractivity contribution is 0.599. The van der Waals surface area contributed by atoms with Gasteiger partial charge in [-0.2, -0.15) is 4.98 Å². The number of nitrogens with zero attached hydrogens (tertiary/aromatic N) is 4. The van der Waals surface area contributed by atoms with Crippen LogP contribution < -0.4 is 10.2 Å². The number of pyridine rings is 1. The number of aryl methyl sites for hydroxylation is 1. The van der Waals surface area contributed by atoms with Crippen molar-refractivity contribution in [3.63, 3.8) is 0 Å². The van der Waals surface area contributed by atoms with Crippen LogP contribution in [0.1, 0.15) is 24.7 Å². The second-order valence-electron chi connectivity index (χ2n) is 6.21. The zero-order valence-electron chi connectivity index (χ0n) is 14.5. The van der Waals surface area contributed by atoms with Crippen molar-refractivity contribution < 1.29 is 8.42 Å². The summed E-state index contributed by atoms with van der Waals surface area (Å²) >= 11 is 0. The molecule has 1 fully saturated rings. The van der Waals surface area contributed by atoms with Crippen LogP contribution in [-0.4, -0.2) is 47.5 Å². The molecule has 0 saturated carbocycles. The first kappa shape index (κ1) is 17.6. The smallest absolute Gasteiger partial charge is 0.225 e. The van der Waals surface area contributed by atoms with Gasteiger partial charge in [-0.15, -0.1) is 0 Å². The number of hydrogen-bond donors (Lipinski definition) is 1. The third kappa shape index (κ3) is 4.45. The van der Waals surface area contributed by atoms with Gasteiger partial charge in [0.05, 0.1) is 23.7 Å². The molecule has 1 unspecified atom stereocenters. The van der Waals surface area contributed by atoms with Crippen LogP contribution in [0, 0.1) is 6.92 Å². The zero-order chi connectivity index (χ0) is 17.9. The highest BCUT2D eigenvalue weighted by Gasteiger charge is 2.32. The maximum absolute atomic E-state index is 11.8. The Balaban J connectivity index is 1.78. The molecule has 25 heavy (non-hydrogen) atoms. The fourth-order valence-corrected chi connectivity index (χ4v) is 4.81. The van der Waals surface area contributed by atoms with E-state index in [4.69, 9.17) is 0 Å². The highest BCUT2D eigenvalue weighted by molar-refractivity contribution is 7.91. The fraction of sp³-hybridized carbons (Fsp3) is 0.471. The molecule has 0 spiro atoms. The van der Waals surface area contributed by atoms with Gasteiger partial charge in [0.1, 0.15) is 5.82 Å². The van der Waals surface area contributed by atoms with Crippen molar-refractivity contribution in [3.8, 4) is 0 Å². The lowest BCUT2D eigenvalue weighted by atomic mass is 10.2. The third-order valence-corrected chi connectivity index (χ3v) is 6.03. The molecule has 0 aromatic carbocycles. The topological polar surface area (TPSA) is 88.1 Å². The molecule has 8 heteroatoms. The van der Waals surface area contributed by atoms with Crippen LogP contribution >= 0.6 is 0 Å². The second-order valence-corrected chi connectivity index (χ2v) is 8.44. The summed E-state index contributed by atoms with van der Waals surface area (Å²) in [5.74, 6) is 1.74. The summed E-state index contributed by atoms with van der Waals surface area (Å²) in [6.07, 6.45) is 2.40. The highest BCUT2D eigenvalue weighted by Crippen LogP contribution is 2.24. The average Bonchev–Trinajstić information content (AvgIpc) is 2.94. The lowest BCUT2D eigenvalue weighted by Crippen LogP contribution is -2.37. The van der Waals surface area contributed by atoms with Crippen molar-refractivity contribution in [2.75, 3.05) is 28.3 Å². The Morgan fingerprint density at radius 2 is 2.16 bits per heavy atom. The second kappa shape index (κ2) is 7.35. The van der Waals surface area contributed by atoms with Crippen molar-refractivity contribution in [1.29, 1.82) is 0 Å². The van der Waals surface area contributed by atoms with Gasteiger partial charge < -0.3 is 10.2 Å². The Kier molecular flexibility index (Phi) is 5.17. The largest absolute Gasteiger partial charge is 0.353 e. The van der Waals surface area contributed by atoms with E-state index in [9.17, 15) is 8.42 Å². The van der Waals surface area contributed by atoms with Gasteiger partial charge >= 0.3 is 0 Å². The molecule has 1 aliphatic heterocycles. The van der Waals surface area contributed by atoms with E-state index in [2.05, 4.69) is 25.2 Å². The summed E-state index contributed by atoms with van der Waals surface area (Å²) in [6, 6.07) is 7.63. The van der Waals surface area contributed by atoms with E-state index < -0.39 is 9.84 Å².